The third-order valence-electron chi connectivity index (χ3n) is 18.5. The van der Waals surface area contributed by atoms with Gasteiger partial charge in [-0.3, -0.25) is 32.5 Å². The van der Waals surface area contributed by atoms with Gasteiger partial charge in [-0.2, -0.15) is 0 Å². The largest absolute Gasteiger partial charge is 0.472 e. The number of rotatable bonds is 84. The molecule has 0 amide bonds. The molecule has 0 radical (unpaired) electrons. The normalized spacial score (nSPS) is 14.8. The predicted molar refractivity (Wildman–Crippen MR) is 491 cm³/mol. The molecule has 0 fully saturated rings. The van der Waals surface area contributed by atoms with Gasteiger partial charge in [-0.25, -0.2) is 9.13 Å². The van der Waals surface area contributed by atoms with Crippen LogP contribution < -0.4 is 0 Å². The first-order valence-corrected chi connectivity index (χ1v) is 48.4. The van der Waals surface area contributed by atoms with Crippen LogP contribution in [0.3, 0.4) is 0 Å². The van der Waals surface area contributed by atoms with Crippen LogP contribution >= 0.6 is 15.6 Å². The van der Waals surface area contributed by atoms with E-state index < -0.39 is 91.5 Å². The molecule has 5 unspecified atom stereocenters. The van der Waals surface area contributed by atoms with Crippen molar-refractivity contribution in [3.63, 3.8) is 0 Å². The SMILES string of the molecule is CC/C=C\C/C=C\C/C=C\C/C=C\C/C=C\C/C=C\CCCCCCCCC(=O)OCC(COP(=O)(O)OCC(O)COP(=O)(O)OCC(O)COC(=O)CCCCCCCCCCCCCCCCC/C=C\C/C=C\C/C=C\C/C=C\C/C=C\CC)OC(=O)CCCCCCCC/C=C\C/C=C\C/C=C\C/C=C\C/C=C\C/C=C\CC. The van der Waals surface area contributed by atoms with E-state index in [-0.39, 0.29) is 19.3 Å². The van der Waals surface area contributed by atoms with E-state index in [1.807, 2.05) is 0 Å². The van der Waals surface area contributed by atoms with E-state index in [9.17, 15) is 43.5 Å². The van der Waals surface area contributed by atoms with Gasteiger partial charge >= 0.3 is 33.6 Å². The average Bonchev–Trinajstić information content (AvgIpc) is 1.04. The van der Waals surface area contributed by atoms with Gasteiger partial charge in [0, 0.05) is 19.3 Å². The quantitative estimate of drug-likeness (QED) is 0.0146. The summed E-state index contributed by atoms with van der Waals surface area (Å²) in [6, 6.07) is 0. The summed E-state index contributed by atoms with van der Waals surface area (Å²) in [5.41, 5.74) is 0. The maximum atomic E-state index is 13.1. The number of allylic oxidation sites excluding steroid dienone is 34. The predicted octanol–water partition coefficient (Wildman–Crippen LogP) is 28.0. The molecule has 0 saturated carbocycles. The Labute approximate surface area is 711 Å². The maximum absolute atomic E-state index is 13.1. The number of hydrogen-bond acceptors (Lipinski definition) is 14. The molecule has 0 rings (SSSR count). The van der Waals surface area contributed by atoms with Crippen molar-refractivity contribution in [3.8, 4) is 0 Å². The van der Waals surface area contributed by atoms with E-state index in [1.54, 1.807) is 0 Å². The van der Waals surface area contributed by atoms with Crippen molar-refractivity contribution < 1.29 is 75.8 Å². The van der Waals surface area contributed by atoms with E-state index >= 15 is 0 Å². The zero-order chi connectivity index (χ0) is 85.1. The van der Waals surface area contributed by atoms with Gasteiger partial charge in [-0.05, 0) is 167 Å². The molecular weight excluding hydrogens is 1510 g/mol. The Hall–Kier alpha value is -5.87. The second kappa shape index (κ2) is 89.4. The Morgan fingerprint density at radius 3 is 0.675 bits per heavy atom. The van der Waals surface area contributed by atoms with Crippen molar-refractivity contribution in [2.24, 2.45) is 0 Å². The van der Waals surface area contributed by atoms with Crippen molar-refractivity contribution in [1.29, 1.82) is 0 Å². The number of phosphoric acid groups is 2. The Kier molecular flexibility index (Phi) is 84.9. The van der Waals surface area contributed by atoms with E-state index in [0.29, 0.717) is 19.3 Å². The number of hydrogen-bond donors (Lipinski definition) is 4. The highest BCUT2D eigenvalue weighted by Gasteiger charge is 2.29. The van der Waals surface area contributed by atoms with Crippen LogP contribution in [0.1, 0.15) is 342 Å². The lowest BCUT2D eigenvalue weighted by Crippen LogP contribution is -2.30. The molecule has 0 spiro atoms. The average molecular weight is 1670 g/mol. The molecule has 0 aliphatic heterocycles. The maximum Gasteiger partial charge on any atom is 0.472 e. The van der Waals surface area contributed by atoms with Crippen LogP contribution in [0.5, 0.6) is 0 Å². The second-order valence-electron chi connectivity index (χ2n) is 29.6. The fourth-order valence-corrected chi connectivity index (χ4v) is 13.3. The van der Waals surface area contributed by atoms with Crippen LogP contribution in [-0.2, 0) is 55.8 Å². The summed E-state index contributed by atoms with van der Waals surface area (Å²) < 4.78 is 61.5. The van der Waals surface area contributed by atoms with Crippen molar-refractivity contribution in [1.82, 2.24) is 0 Å². The first kappa shape index (κ1) is 111. The topological polar surface area (TPSA) is 231 Å². The monoisotopic (exact) mass is 1670 g/mol. The number of carbonyl (C=O) groups is 3. The molecule has 0 saturated heterocycles. The molecular formula is C99H162O16P2. The molecule has 0 aliphatic rings. The lowest BCUT2D eigenvalue weighted by Gasteiger charge is -2.21. The van der Waals surface area contributed by atoms with Crippen LogP contribution in [-0.4, -0.2) is 95.9 Å². The third-order valence-corrected chi connectivity index (χ3v) is 20.4. The zero-order valence-electron chi connectivity index (χ0n) is 73.0. The molecule has 0 heterocycles. The molecule has 0 bridgehead atoms. The van der Waals surface area contributed by atoms with E-state index in [2.05, 4.69) is 227 Å². The summed E-state index contributed by atoms with van der Waals surface area (Å²) in [6.45, 7) is 2.32. The Morgan fingerprint density at radius 1 is 0.239 bits per heavy atom. The summed E-state index contributed by atoms with van der Waals surface area (Å²) in [7, 11) is -9.83. The molecule has 18 heteroatoms. The number of carbonyl (C=O) groups excluding carboxylic acids is 3. The highest BCUT2D eigenvalue weighted by Crippen LogP contribution is 2.45. The van der Waals surface area contributed by atoms with Crippen LogP contribution in [0.4, 0.5) is 0 Å². The minimum Gasteiger partial charge on any atom is -0.463 e. The lowest BCUT2D eigenvalue weighted by atomic mass is 10.0. The van der Waals surface area contributed by atoms with Crippen molar-refractivity contribution in [2.75, 3.05) is 39.6 Å². The van der Waals surface area contributed by atoms with Crippen molar-refractivity contribution >= 4 is 33.6 Å². The minimum absolute atomic E-state index is 0.0752. The molecule has 0 aromatic carbocycles. The molecule has 664 valence electrons. The molecule has 5 atom stereocenters. The molecule has 0 aromatic rings. The smallest absolute Gasteiger partial charge is 0.463 e. The number of unbranched alkanes of at least 4 members (excludes halogenated alkanes) is 27. The van der Waals surface area contributed by atoms with Crippen LogP contribution in [0.15, 0.2) is 207 Å². The Balaban J connectivity index is 4.68. The first-order valence-electron chi connectivity index (χ1n) is 45.4. The van der Waals surface area contributed by atoms with Gasteiger partial charge < -0.3 is 34.2 Å². The van der Waals surface area contributed by atoms with E-state index in [4.69, 9.17) is 32.3 Å². The zero-order valence-corrected chi connectivity index (χ0v) is 74.8. The first-order chi connectivity index (χ1) is 57.2. The van der Waals surface area contributed by atoms with Gasteiger partial charge in [0.15, 0.2) is 6.10 Å². The molecule has 0 aromatic heterocycles. The van der Waals surface area contributed by atoms with Gasteiger partial charge in [0.2, 0.25) is 0 Å². The lowest BCUT2D eigenvalue weighted by molar-refractivity contribution is -0.161. The third kappa shape index (κ3) is 90.7. The van der Waals surface area contributed by atoms with Gasteiger partial charge in [-0.15, -0.1) is 0 Å². The fraction of sp³-hybridized carbons (Fsp3) is 0.626. The van der Waals surface area contributed by atoms with Gasteiger partial charge in [0.25, 0.3) is 0 Å². The number of ether oxygens (including phenoxy) is 3. The number of esters is 3. The van der Waals surface area contributed by atoms with Crippen LogP contribution in [0.2, 0.25) is 0 Å². The second-order valence-corrected chi connectivity index (χ2v) is 32.5. The number of aliphatic hydroxyl groups is 2. The minimum atomic E-state index is -4.96. The van der Waals surface area contributed by atoms with Gasteiger partial charge in [0.1, 0.15) is 25.4 Å². The molecule has 117 heavy (non-hydrogen) atoms. The highest BCUT2D eigenvalue weighted by molar-refractivity contribution is 7.47. The van der Waals surface area contributed by atoms with E-state index in [0.717, 1.165) is 205 Å². The number of phosphoric ester groups is 2. The van der Waals surface area contributed by atoms with Gasteiger partial charge in [0.05, 0.1) is 26.4 Å². The van der Waals surface area contributed by atoms with E-state index in [1.165, 1.54) is 77.0 Å². The van der Waals surface area contributed by atoms with Crippen molar-refractivity contribution in [3.05, 3.63) is 207 Å². The highest BCUT2D eigenvalue weighted by atomic mass is 31.2. The standard InChI is InChI=1S/C99H162O16P2/c1-4-7-10-13-16-19-22-25-28-31-34-37-40-43-44-45-46-47-48-51-53-55-58-61-64-67-70-73-76-79-82-85-97(102)109-88-94(100)89-111-116(105,106)112-90-95(101)91-113-117(107,108)114-93-96(115-99(104)87-84-81-78-75-72-69-66-63-60-57-54-50-42-39-36-33-30-27-24-21-18-15-12-9-6-3)92-110-98(103)86-83-80-77-74-71-68-65-62-59-56-52-49-41-38-35-32-29-26-23-20-17-14-11-8-5-2/h7-12,16-21,25-30,34-39,43-44,49-50,52,54,59-60,62-63,94-96,100-101H,4-6,13-15,22-24,31-33,40-42,45-48,51,53,55-58,61,64-93H2,1-3H3,(H,105,106)(H,107,108)/b10-7-,11-8-,12-9-,19-16-,20-17-,21-18-,28-25-,29-26-,30-27-,37-34-,38-35-,39-36-,44-43-,52-49-,54-50-,62-59-,63-60-. The summed E-state index contributed by atoms with van der Waals surface area (Å²) in [5, 5.41) is 20.7. The Bertz CT molecular complexity index is 2960. The summed E-state index contributed by atoms with van der Waals surface area (Å²) in [4.78, 5) is 59.0. The summed E-state index contributed by atoms with van der Waals surface area (Å²) in [5.74, 6) is -1.61. The number of aliphatic hydroxyl groups excluding tert-OH is 2. The Morgan fingerprint density at radius 2 is 0.427 bits per heavy atom. The van der Waals surface area contributed by atoms with Crippen LogP contribution in [0.25, 0.3) is 0 Å². The van der Waals surface area contributed by atoms with Crippen molar-refractivity contribution in [2.45, 2.75) is 360 Å². The molecule has 16 nitrogen and oxygen atoms in total. The van der Waals surface area contributed by atoms with Crippen LogP contribution in [0, 0.1) is 0 Å². The fourth-order valence-electron chi connectivity index (χ4n) is 11.7. The molecule has 0 aliphatic carbocycles. The summed E-state index contributed by atoms with van der Waals surface area (Å²) in [6.07, 6.45) is 120. The summed E-state index contributed by atoms with van der Waals surface area (Å²) >= 11 is 0. The molecule has 4 N–H and O–H groups in total. The van der Waals surface area contributed by atoms with Gasteiger partial charge in [-0.1, -0.05) is 362 Å².